The maximum atomic E-state index is 14.0. The molecule has 2 aliphatic rings. The number of hydrogen-bond acceptors (Lipinski definition) is 6. The minimum Gasteiger partial charge on any atom is -0.502 e. The number of hydrogen-bond donors (Lipinski definition) is 1. The normalized spacial score (nSPS) is 19.5. The standard InChI is InChI=1S/C24H27F2N3O5/c1-13(2)28-20-9-7-16(12-34-3)29(20)27-11-17(22(31)23(32)21(27)24(28)33)19(30)8-5-14-4-6-15(25)10-18(14)26/h4,6,10-11,13,16,20,32H,5,7-9,12H2,1-3H3/t16-,20-/m0/s1. The summed E-state index contributed by atoms with van der Waals surface area (Å²) in [5.41, 5.74) is -1.30. The summed E-state index contributed by atoms with van der Waals surface area (Å²) in [5, 5.41) is 12.6. The fraction of sp³-hybridized carbons (Fsp3) is 0.458. The highest BCUT2D eigenvalue weighted by Gasteiger charge is 2.47. The molecule has 34 heavy (non-hydrogen) atoms. The summed E-state index contributed by atoms with van der Waals surface area (Å²) in [7, 11) is 1.57. The van der Waals surface area contributed by atoms with Gasteiger partial charge in [0.25, 0.3) is 5.91 Å². The van der Waals surface area contributed by atoms with Crippen LogP contribution in [-0.2, 0) is 11.2 Å². The van der Waals surface area contributed by atoms with E-state index in [2.05, 4.69) is 0 Å². The number of methoxy groups -OCH3 is 1. The number of aromatic hydroxyl groups is 1. The van der Waals surface area contributed by atoms with Gasteiger partial charge in [0.2, 0.25) is 5.43 Å². The van der Waals surface area contributed by atoms with Crippen molar-refractivity contribution < 1.29 is 28.2 Å². The molecule has 2 aliphatic heterocycles. The number of benzene rings is 1. The summed E-state index contributed by atoms with van der Waals surface area (Å²) < 4.78 is 33.9. The molecule has 3 heterocycles. The van der Waals surface area contributed by atoms with E-state index in [0.717, 1.165) is 12.1 Å². The molecule has 1 N–H and O–H groups in total. The Morgan fingerprint density at radius 2 is 1.97 bits per heavy atom. The van der Waals surface area contributed by atoms with Crippen LogP contribution >= 0.6 is 0 Å². The van der Waals surface area contributed by atoms with Gasteiger partial charge in [-0.1, -0.05) is 6.07 Å². The Labute approximate surface area is 195 Å². The number of Topliss-reactive ketones (excluding diaryl/α,β-unsaturated/α-hetero) is 1. The molecular weight excluding hydrogens is 448 g/mol. The second-order valence-corrected chi connectivity index (χ2v) is 8.93. The minimum absolute atomic E-state index is 0.0500. The second kappa shape index (κ2) is 9.17. The lowest BCUT2D eigenvalue weighted by atomic mass is 10.0. The fourth-order valence-electron chi connectivity index (χ4n) is 4.90. The molecule has 0 aliphatic carbocycles. The first-order valence-electron chi connectivity index (χ1n) is 11.2. The number of carbonyl (C=O) groups is 2. The van der Waals surface area contributed by atoms with Gasteiger partial charge in [-0.2, -0.15) is 0 Å². The van der Waals surface area contributed by atoms with Crippen molar-refractivity contribution in [3.8, 4) is 5.75 Å². The molecule has 2 aromatic rings. The molecule has 1 aromatic carbocycles. The van der Waals surface area contributed by atoms with E-state index >= 15 is 0 Å². The summed E-state index contributed by atoms with van der Waals surface area (Å²) in [6.45, 7) is 4.07. The molecule has 1 amide bonds. The van der Waals surface area contributed by atoms with Crippen molar-refractivity contribution in [1.82, 2.24) is 9.58 Å². The number of aromatic nitrogens is 1. The smallest absolute Gasteiger partial charge is 0.278 e. The van der Waals surface area contributed by atoms with Crippen LogP contribution < -0.4 is 10.4 Å². The van der Waals surface area contributed by atoms with Crippen LogP contribution in [-0.4, -0.2) is 58.3 Å². The van der Waals surface area contributed by atoms with Crippen molar-refractivity contribution in [2.75, 3.05) is 18.7 Å². The van der Waals surface area contributed by atoms with E-state index in [4.69, 9.17) is 4.74 Å². The largest absolute Gasteiger partial charge is 0.502 e. The number of rotatable bonds is 7. The average molecular weight is 475 g/mol. The van der Waals surface area contributed by atoms with E-state index in [0.29, 0.717) is 19.4 Å². The molecule has 0 bridgehead atoms. The number of carbonyl (C=O) groups excluding carboxylic acids is 2. The van der Waals surface area contributed by atoms with Gasteiger partial charge in [0.1, 0.15) is 17.8 Å². The van der Waals surface area contributed by atoms with Gasteiger partial charge in [0.05, 0.1) is 18.2 Å². The maximum absolute atomic E-state index is 14.0. The van der Waals surface area contributed by atoms with E-state index in [9.17, 15) is 28.3 Å². The molecule has 4 rings (SSSR count). The average Bonchev–Trinajstić information content (AvgIpc) is 3.18. The molecule has 10 heteroatoms. The molecule has 1 aromatic heterocycles. The molecular formula is C24H27F2N3O5. The number of amides is 1. The summed E-state index contributed by atoms with van der Waals surface area (Å²) in [5.74, 6) is -3.40. The first kappa shape index (κ1) is 23.9. The van der Waals surface area contributed by atoms with Crippen LogP contribution in [0.5, 0.6) is 5.75 Å². The molecule has 0 radical (unpaired) electrons. The van der Waals surface area contributed by atoms with Crippen LogP contribution in [0.4, 0.5) is 8.78 Å². The maximum Gasteiger partial charge on any atom is 0.278 e. The third-order valence-corrected chi connectivity index (χ3v) is 6.46. The molecule has 1 fully saturated rings. The van der Waals surface area contributed by atoms with E-state index in [1.165, 1.54) is 16.9 Å². The van der Waals surface area contributed by atoms with E-state index in [1.807, 2.05) is 18.9 Å². The van der Waals surface area contributed by atoms with Crippen molar-refractivity contribution in [2.24, 2.45) is 0 Å². The first-order chi connectivity index (χ1) is 16.1. The highest BCUT2D eigenvalue weighted by molar-refractivity contribution is 6.00. The van der Waals surface area contributed by atoms with Crippen LogP contribution in [0.25, 0.3) is 0 Å². The number of nitrogens with zero attached hydrogens (tertiary/aromatic N) is 3. The Morgan fingerprint density at radius 1 is 1.24 bits per heavy atom. The molecule has 182 valence electrons. The lowest BCUT2D eigenvalue weighted by molar-refractivity contribution is 0.0491. The zero-order valence-electron chi connectivity index (χ0n) is 19.3. The molecule has 0 saturated carbocycles. The Balaban J connectivity index is 1.74. The SMILES string of the molecule is COC[C@@H]1CC[C@H]2N(C(C)C)C(=O)c3c(O)c(=O)c(C(=O)CCc4ccc(F)cc4F)cn3N12. The van der Waals surface area contributed by atoms with Crippen molar-refractivity contribution in [3.05, 3.63) is 63.1 Å². The molecule has 8 nitrogen and oxygen atoms in total. The zero-order chi connectivity index (χ0) is 24.7. The third-order valence-electron chi connectivity index (χ3n) is 6.46. The number of ether oxygens (including phenoxy) is 1. The summed E-state index contributed by atoms with van der Waals surface area (Å²) in [6.07, 6.45) is 2.07. The van der Waals surface area contributed by atoms with Crippen molar-refractivity contribution >= 4 is 11.7 Å². The van der Waals surface area contributed by atoms with Crippen molar-refractivity contribution in [3.63, 3.8) is 0 Å². The van der Waals surface area contributed by atoms with Crippen LogP contribution in [0.2, 0.25) is 0 Å². The van der Waals surface area contributed by atoms with Gasteiger partial charge in [0.15, 0.2) is 17.2 Å². The predicted octanol–water partition coefficient (Wildman–Crippen LogP) is 2.58. The van der Waals surface area contributed by atoms with Crippen LogP contribution in [0.15, 0.2) is 29.2 Å². The van der Waals surface area contributed by atoms with Gasteiger partial charge in [-0.15, -0.1) is 0 Å². The predicted molar refractivity (Wildman–Crippen MR) is 120 cm³/mol. The molecule has 0 unspecified atom stereocenters. The molecule has 0 spiro atoms. The van der Waals surface area contributed by atoms with Crippen LogP contribution in [0.1, 0.15) is 59.5 Å². The number of aryl methyl sites for hydroxylation is 1. The number of halogens is 2. The van der Waals surface area contributed by atoms with Crippen molar-refractivity contribution in [1.29, 1.82) is 0 Å². The Morgan fingerprint density at radius 3 is 2.62 bits per heavy atom. The number of ketones is 1. The highest BCUT2D eigenvalue weighted by atomic mass is 19.1. The lowest BCUT2D eigenvalue weighted by Crippen LogP contribution is -2.63. The van der Waals surface area contributed by atoms with Crippen molar-refractivity contribution in [2.45, 2.75) is 57.8 Å². The van der Waals surface area contributed by atoms with E-state index in [-0.39, 0.29) is 47.9 Å². The molecule has 1 saturated heterocycles. The summed E-state index contributed by atoms with van der Waals surface area (Å²) in [6, 6.07) is 2.75. The van der Waals surface area contributed by atoms with E-state index in [1.54, 1.807) is 12.0 Å². The quantitative estimate of drug-likeness (QED) is 0.619. The molecule has 2 atom stereocenters. The van der Waals surface area contributed by atoms with E-state index < -0.39 is 34.5 Å². The Kier molecular flexibility index (Phi) is 6.44. The monoisotopic (exact) mass is 475 g/mol. The topological polar surface area (TPSA) is 92.1 Å². The van der Waals surface area contributed by atoms with Gasteiger partial charge in [-0.3, -0.25) is 24.1 Å². The van der Waals surface area contributed by atoms with Gasteiger partial charge in [-0.05, 0) is 44.7 Å². The Hall–Kier alpha value is -3.27. The number of fused-ring (bicyclic) bond motifs is 3. The van der Waals surface area contributed by atoms with Gasteiger partial charge in [0, 0.05) is 31.8 Å². The zero-order valence-corrected chi connectivity index (χ0v) is 19.3. The number of pyridine rings is 1. The Bertz CT molecular complexity index is 1200. The van der Waals surface area contributed by atoms with Crippen LogP contribution in [0, 0.1) is 11.6 Å². The third kappa shape index (κ3) is 3.96. The fourth-order valence-corrected chi connectivity index (χ4v) is 4.90. The van der Waals surface area contributed by atoms with Gasteiger partial charge in [-0.25, -0.2) is 8.78 Å². The highest BCUT2D eigenvalue weighted by Crippen LogP contribution is 2.34. The van der Waals surface area contributed by atoms with Gasteiger partial charge >= 0.3 is 0 Å². The lowest BCUT2D eigenvalue weighted by Gasteiger charge is -2.46. The van der Waals surface area contributed by atoms with Crippen LogP contribution in [0.3, 0.4) is 0 Å². The second-order valence-electron chi connectivity index (χ2n) is 8.93. The van der Waals surface area contributed by atoms with Gasteiger partial charge < -0.3 is 14.7 Å². The summed E-state index contributed by atoms with van der Waals surface area (Å²) >= 11 is 0. The first-order valence-corrected chi connectivity index (χ1v) is 11.2. The summed E-state index contributed by atoms with van der Waals surface area (Å²) in [4.78, 5) is 40.8. The minimum atomic E-state index is -0.950.